The molecule has 0 radical (unpaired) electrons. The van der Waals surface area contributed by atoms with E-state index < -0.39 is 5.97 Å². The number of hydrogen-bond acceptors (Lipinski definition) is 4. The highest BCUT2D eigenvalue weighted by atomic mass is 16.5. The third-order valence-corrected chi connectivity index (χ3v) is 4.21. The van der Waals surface area contributed by atoms with Gasteiger partial charge in [-0.1, -0.05) is 13.8 Å². The van der Waals surface area contributed by atoms with Crippen LogP contribution in [0.5, 0.6) is 11.5 Å². The van der Waals surface area contributed by atoms with E-state index >= 15 is 0 Å². The van der Waals surface area contributed by atoms with E-state index in [0.29, 0.717) is 42.4 Å². The lowest BCUT2D eigenvalue weighted by atomic mass is 9.80. The van der Waals surface area contributed by atoms with E-state index in [1.807, 2.05) is 0 Å². The Labute approximate surface area is 142 Å². The van der Waals surface area contributed by atoms with Crippen molar-refractivity contribution >= 4 is 11.9 Å². The van der Waals surface area contributed by atoms with Crippen LogP contribution in [0.15, 0.2) is 18.2 Å². The normalized spacial score (nSPS) is 19.5. The summed E-state index contributed by atoms with van der Waals surface area (Å²) in [5, 5.41) is 11.8. The Morgan fingerprint density at radius 1 is 1.33 bits per heavy atom. The van der Waals surface area contributed by atoms with Crippen molar-refractivity contribution in [2.75, 3.05) is 13.7 Å². The number of benzene rings is 1. The molecule has 1 aromatic rings. The van der Waals surface area contributed by atoms with Gasteiger partial charge in [0.25, 0.3) is 5.91 Å². The Hall–Kier alpha value is -2.24. The zero-order chi connectivity index (χ0) is 17.7. The summed E-state index contributed by atoms with van der Waals surface area (Å²) in [6, 6.07) is 5.00. The molecule has 2 N–H and O–H groups in total. The second-order valence-corrected chi connectivity index (χ2v) is 6.57. The van der Waals surface area contributed by atoms with E-state index in [2.05, 4.69) is 19.2 Å². The number of ether oxygens (including phenoxy) is 2. The molecule has 0 unspecified atom stereocenters. The zero-order valence-corrected chi connectivity index (χ0v) is 14.4. The second kappa shape index (κ2) is 8.04. The van der Waals surface area contributed by atoms with E-state index in [0.717, 1.165) is 6.42 Å². The van der Waals surface area contributed by atoms with Crippen molar-refractivity contribution in [2.24, 2.45) is 11.8 Å². The Bertz CT molecular complexity index is 593. The Balaban J connectivity index is 2.01. The molecule has 1 aliphatic rings. The average Bonchev–Trinajstić information content (AvgIpc) is 2.49. The molecule has 1 saturated carbocycles. The smallest absolute Gasteiger partial charge is 0.306 e. The average molecular weight is 335 g/mol. The molecule has 6 heteroatoms. The van der Waals surface area contributed by atoms with Crippen molar-refractivity contribution in [3.8, 4) is 11.5 Å². The summed E-state index contributed by atoms with van der Waals surface area (Å²) in [6.45, 7) is 4.74. The molecule has 0 aliphatic heterocycles. The topological polar surface area (TPSA) is 84.9 Å². The Morgan fingerprint density at radius 2 is 2.04 bits per heavy atom. The fourth-order valence-electron chi connectivity index (χ4n) is 2.54. The van der Waals surface area contributed by atoms with Gasteiger partial charge in [0.2, 0.25) is 0 Å². The summed E-state index contributed by atoms with van der Waals surface area (Å²) >= 11 is 0. The molecule has 0 atom stereocenters. The molecule has 132 valence electrons. The molecule has 1 amide bonds. The van der Waals surface area contributed by atoms with Gasteiger partial charge < -0.3 is 19.9 Å². The van der Waals surface area contributed by atoms with E-state index in [4.69, 9.17) is 14.6 Å². The molecule has 1 aliphatic carbocycles. The molecule has 1 aromatic carbocycles. The second-order valence-electron chi connectivity index (χ2n) is 6.57. The van der Waals surface area contributed by atoms with Gasteiger partial charge in [-0.2, -0.15) is 0 Å². The first kappa shape index (κ1) is 18.1. The number of aliphatic carboxylic acids is 1. The predicted molar refractivity (Wildman–Crippen MR) is 89.6 cm³/mol. The highest BCUT2D eigenvalue weighted by Gasteiger charge is 2.35. The fourth-order valence-corrected chi connectivity index (χ4v) is 2.54. The lowest BCUT2D eigenvalue weighted by Gasteiger charge is -2.33. The Kier molecular flexibility index (Phi) is 6.06. The summed E-state index contributed by atoms with van der Waals surface area (Å²) in [7, 11) is 1.56. The third kappa shape index (κ3) is 4.63. The largest absolute Gasteiger partial charge is 0.497 e. The molecular weight excluding hydrogens is 310 g/mol. The van der Waals surface area contributed by atoms with Crippen molar-refractivity contribution < 1.29 is 24.2 Å². The highest BCUT2D eigenvalue weighted by Crippen LogP contribution is 2.29. The molecule has 1 fully saturated rings. The summed E-state index contributed by atoms with van der Waals surface area (Å²) in [4.78, 5) is 23.3. The van der Waals surface area contributed by atoms with Gasteiger partial charge in [-0.3, -0.25) is 9.59 Å². The van der Waals surface area contributed by atoms with Gasteiger partial charge in [-0.05, 0) is 37.3 Å². The maximum absolute atomic E-state index is 12.5. The fraction of sp³-hybridized carbons (Fsp3) is 0.556. The van der Waals surface area contributed by atoms with Crippen LogP contribution in [0.4, 0.5) is 0 Å². The number of hydrogen-bond donors (Lipinski definition) is 2. The third-order valence-electron chi connectivity index (χ3n) is 4.21. The van der Waals surface area contributed by atoms with Crippen molar-refractivity contribution in [1.82, 2.24) is 5.32 Å². The lowest BCUT2D eigenvalue weighted by Crippen LogP contribution is -2.46. The number of amides is 1. The molecule has 0 heterocycles. The van der Waals surface area contributed by atoms with Crippen LogP contribution >= 0.6 is 0 Å². The number of nitrogens with one attached hydrogen (secondary N) is 1. The van der Waals surface area contributed by atoms with E-state index in [1.165, 1.54) is 0 Å². The molecule has 6 nitrogen and oxygen atoms in total. The van der Waals surface area contributed by atoms with Crippen LogP contribution in [0.25, 0.3) is 0 Å². The van der Waals surface area contributed by atoms with E-state index in [-0.39, 0.29) is 17.9 Å². The van der Waals surface area contributed by atoms with Crippen molar-refractivity contribution in [1.29, 1.82) is 0 Å². The lowest BCUT2D eigenvalue weighted by molar-refractivity contribution is -0.145. The first-order valence-electron chi connectivity index (χ1n) is 8.25. The van der Waals surface area contributed by atoms with Gasteiger partial charge >= 0.3 is 5.97 Å². The number of rotatable bonds is 8. The van der Waals surface area contributed by atoms with Gasteiger partial charge in [0.15, 0.2) is 0 Å². The van der Waals surface area contributed by atoms with E-state index in [1.54, 1.807) is 25.3 Å². The molecule has 2 rings (SSSR count). The van der Waals surface area contributed by atoms with Gasteiger partial charge in [0.05, 0.1) is 25.2 Å². The molecule has 0 bridgehead atoms. The van der Waals surface area contributed by atoms with Crippen molar-refractivity contribution in [2.45, 2.75) is 39.2 Å². The van der Waals surface area contributed by atoms with Gasteiger partial charge in [-0.25, -0.2) is 0 Å². The first-order chi connectivity index (χ1) is 11.4. The van der Waals surface area contributed by atoms with Gasteiger partial charge in [-0.15, -0.1) is 0 Å². The van der Waals surface area contributed by atoms with Crippen LogP contribution in [-0.2, 0) is 4.79 Å². The Morgan fingerprint density at radius 3 is 2.62 bits per heavy atom. The minimum Gasteiger partial charge on any atom is -0.497 e. The van der Waals surface area contributed by atoms with Crippen LogP contribution in [0.1, 0.15) is 43.5 Å². The van der Waals surface area contributed by atoms with Crippen LogP contribution in [0.2, 0.25) is 0 Å². The quantitative estimate of drug-likeness (QED) is 0.763. The monoisotopic (exact) mass is 335 g/mol. The molecule has 0 saturated heterocycles. The van der Waals surface area contributed by atoms with E-state index in [9.17, 15) is 9.59 Å². The maximum atomic E-state index is 12.5. The van der Waals surface area contributed by atoms with Crippen LogP contribution in [-0.4, -0.2) is 36.7 Å². The van der Waals surface area contributed by atoms with Crippen LogP contribution in [0.3, 0.4) is 0 Å². The summed E-state index contributed by atoms with van der Waals surface area (Å²) in [5.74, 6) is 0.222. The SMILES string of the molecule is COc1ccc(C(=O)NC2CC(C(=O)O)C2)c(OCCC(C)C)c1. The number of carboxylic acid groups (broad SMARTS) is 1. The highest BCUT2D eigenvalue weighted by molar-refractivity contribution is 5.97. The van der Waals surface area contributed by atoms with Crippen molar-refractivity contribution in [3.63, 3.8) is 0 Å². The standard InChI is InChI=1S/C18H25NO5/c1-11(2)6-7-24-16-10-14(23-3)4-5-15(16)17(20)19-13-8-12(9-13)18(21)22/h4-5,10-13H,6-9H2,1-3H3,(H,19,20)(H,21,22). The zero-order valence-electron chi connectivity index (χ0n) is 14.4. The van der Waals surface area contributed by atoms with Gasteiger partial charge in [0.1, 0.15) is 11.5 Å². The first-order valence-corrected chi connectivity index (χ1v) is 8.25. The molecule has 0 aromatic heterocycles. The minimum absolute atomic E-state index is 0.0933. The maximum Gasteiger partial charge on any atom is 0.306 e. The molecular formula is C18H25NO5. The summed E-state index contributed by atoms with van der Waals surface area (Å²) < 4.78 is 11.0. The number of carbonyl (C=O) groups is 2. The van der Waals surface area contributed by atoms with Crippen LogP contribution in [0, 0.1) is 11.8 Å². The number of carbonyl (C=O) groups excluding carboxylic acids is 1. The van der Waals surface area contributed by atoms with Gasteiger partial charge in [0, 0.05) is 12.1 Å². The van der Waals surface area contributed by atoms with Crippen LogP contribution < -0.4 is 14.8 Å². The number of methoxy groups -OCH3 is 1. The molecule has 24 heavy (non-hydrogen) atoms. The predicted octanol–water partition coefficient (Wildman–Crippen LogP) is 2.71. The van der Waals surface area contributed by atoms with Crippen molar-refractivity contribution in [3.05, 3.63) is 23.8 Å². The minimum atomic E-state index is -0.803. The molecule has 0 spiro atoms. The number of carboxylic acids is 1. The summed E-state index contributed by atoms with van der Waals surface area (Å²) in [6.07, 6.45) is 1.84. The summed E-state index contributed by atoms with van der Waals surface area (Å²) in [5.41, 5.74) is 0.443.